The van der Waals surface area contributed by atoms with Crippen molar-refractivity contribution in [3.63, 3.8) is 0 Å². The molecule has 1 heterocycles. The summed E-state index contributed by atoms with van der Waals surface area (Å²) in [6.45, 7) is 1.84. The summed E-state index contributed by atoms with van der Waals surface area (Å²) in [5, 5.41) is 15.3. The smallest absolute Gasteiger partial charge is 0.284 e. The van der Waals surface area contributed by atoms with E-state index in [1.807, 2.05) is 6.92 Å². The van der Waals surface area contributed by atoms with E-state index < -0.39 is 21.0 Å². The van der Waals surface area contributed by atoms with Crippen molar-refractivity contribution in [3.05, 3.63) is 28.8 Å². The lowest BCUT2D eigenvalue weighted by atomic mass is 9.96. The SMILES string of the molecule is CCC1SC(=O)N(C)C1(O)c1ccc(Cl)c(S(N)(=O)=O)c1. The van der Waals surface area contributed by atoms with Gasteiger partial charge in [-0.05, 0) is 18.6 Å². The second-order valence-electron chi connectivity index (χ2n) is 4.76. The molecular formula is C12H15ClN2O4S2. The number of rotatable bonds is 3. The average Bonchev–Trinajstić information content (AvgIpc) is 2.62. The Balaban J connectivity index is 2.63. The fraction of sp³-hybridized carbons (Fsp3) is 0.417. The monoisotopic (exact) mass is 350 g/mol. The summed E-state index contributed by atoms with van der Waals surface area (Å²) >= 11 is 6.86. The molecule has 2 rings (SSSR count). The highest BCUT2D eigenvalue weighted by atomic mass is 35.5. The summed E-state index contributed by atoms with van der Waals surface area (Å²) in [6, 6.07) is 4.06. The Morgan fingerprint density at radius 3 is 2.67 bits per heavy atom. The molecule has 1 aromatic carbocycles. The third kappa shape index (κ3) is 2.66. The zero-order valence-corrected chi connectivity index (χ0v) is 13.8. The van der Waals surface area contributed by atoms with E-state index in [4.69, 9.17) is 16.7 Å². The number of aliphatic hydroxyl groups is 1. The molecule has 0 aliphatic carbocycles. The maximum absolute atomic E-state index is 11.8. The number of sulfonamides is 1. The third-order valence-electron chi connectivity index (χ3n) is 3.51. The molecular weight excluding hydrogens is 336 g/mol. The first-order valence-electron chi connectivity index (χ1n) is 6.12. The maximum Gasteiger partial charge on any atom is 0.284 e. The van der Waals surface area contributed by atoms with Crippen molar-refractivity contribution in [2.45, 2.75) is 29.2 Å². The Morgan fingerprint density at radius 2 is 2.14 bits per heavy atom. The van der Waals surface area contributed by atoms with Gasteiger partial charge < -0.3 is 10.0 Å². The lowest BCUT2D eigenvalue weighted by Crippen LogP contribution is -2.46. The van der Waals surface area contributed by atoms with Gasteiger partial charge in [-0.3, -0.25) is 4.79 Å². The molecule has 1 aromatic rings. The van der Waals surface area contributed by atoms with Gasteiger partial charge in [0.15, 0.2) is 5.72 Å². The minimum absolute atomic E-state index is 0.0301. The fourth-order valence-electron chi connectivity index (χ4n) is 2.34. The van der Waals surface area contributed by atoms with E-state index in [2.05, 4.69) is 0 Å². The average molecular weight is 351 g/mol. The van der Waals surface area contributed by atoms with Gasteiger partial charge in [0, 0.05) is 12.6 Å². The molecule has 0 bridgehead atoms. The predicted octanol–water partition coefficient (Wildman–Crippen LogP) is 1.71. The van der Waals surface area contributed by atoms with Crippen molar-refractivity contribution in [1.29, 1.82) is 0 Å². The Kier molecular flexibility index (Phi) is 4.29. The van der Waals surface area contributed by atoms with Crippen LogP contribution in [-0.4, -0.2) is 36.0 Å². The highest BCUT2D eigenvalue weighted by Gasteiger charge is 2.51. The number of halogens is 1. The number of nitrogens with two attached hydrogens (primary N) is 1. The molecule has 1 saturated heterocycles. The van der Waals surface area contributed by atoms with Crippen LogP contribution in [0.15, 0.2) is 23.1 Å². The molecule has 6 nitrogen and oxygen atoms in total. The zero-order valence-electron chi connectivity index (χ0n) is 11.4. The quantitative estimate of drug-likeness (QED) is 0.864. The predicted molar refractivity (Wildman–Crippen MR) is 81.6 cm³/mol. The van der Waals surface area contributed by atoms with Gasteiger partial charge in [0.1, 0.15) is 4.90 Å². The van der Waals surface area contributed by atoms with Crippen molar-refractivity contribution >= 4 is 38.6 Å². The maximum atomic E-state index is 11.8. The van der Waals surface area contributed by atoms with Gasteiger partial charge >= 0.3 is 0 Å². The number of nitrogens with zero attached hydrogens (tertiary/aromatic N) is 1. The minimum Gasteiger partial charge on any atom is -0.366 e. The van der Waals surface area contributed by atoms with Crippen molar-refractivity contribution in [2.24, 2.45) is 5.14 Å². The number of hydrogen-bond donors (Lipinski definition) is 2. The van der Waals surface area contributed by atoms with Crippen molar-refractivity contribution in [3.8, 4) is 0 Å². The Hall–Kier alpha value is -0.800. The number of benzene rings is 1. The molecule has 3 N–H and O–H groups in total. The summed E-state index contributed by atoms with van der Waals surface area (Å²) in [5.74, 6) is 0. The van der Waals surface area contributed by atoms with Gasteiger partial charge in [-0.2, -0.15) is 0 Å². The van der Waals surface area contributed by atoms with Crippen LogP contribution in [0.2, 0.25) is 5.02 Å². The molecule has 116 valence electrons. The number of thioether (sulfide) groups is 1. The molecule has 0 saturated carbocycles. The van der Waals surface area contributed by atoms with E-state index in [0.717, 1.165) is 11.8 Å². The molecule has 1 amide bonds. The van der Waals surface area contributed by atoms with Gasteiger partial charge in [-0.15, -0.1) is 0 Å². The molecule has 0 aromatic heterocycles. The Morgan fingerprint density at radius 1 is 1.52 bits per heavy atom. The van der Waals surface area contributed by atoms with Gasteiger partial charge in [0.05, 0.1) is 10.3 Å². The van der Waals surface area contributed by atoms with Crippen LogP contribution < -0.4 is 5.14 Å². The van der Waals surface area contributed by atoms with Gasteiger partial charge in [-0.25, -0.2) is 13.6 Å². The number of carbonyl (C=O) groups is 1. The molecule has 1 fully saturated rings. The second kappa shape index (κ2) is 5.44. The molecule has 2 unspecified atom stereocenters. The van der Waals surface area contributed by atoms with E-state index in [1.54, 1.807) is 0 Å². The molecule has 1 aliphatic heterocycles. The number of amides is 1. The Bertz CT molecular complexity index is 694. The van der Waals surface area contributed by atoms with Crippen LogP contribution in [0.3, 0.4) is 0 Å². The van der Waals surface area contributed by atoms with E-state index in [1.165, 1.54) is 30.1 Å². The van der Waals surface area contributed by atoms with Crippen LogP contribution in [-0.2, 0) is 15.7 Å². The number of primary sulfonamides is 1. The van der Waals surface area contributed by atoms with Crippen LogP contribution in [0.1, 0.15) is 18.9 Å². The molecule has 2 atom stereocenters. The first-order chi connectivity index (χ1) is 9.62. The second-order valence-corrected chi connectivity index (χ2v) is 7.85. The highest BCUT2D eigenvalue weighted by Crippen LogP contribution is 2.46. The van der Waals surface area contributed by atoms with Crippen LogP contribution in [0.4, 0.5) is 4.79 Å². The summed E-state index contributed by atoms with van der Waals surface area (Å²) < 4.78 is 23.1. The molecule has 0 spiro atoms. The third-order valence-corrected chi connectivity index (χ3v) is 6.33. The highest BCUT2D eigenvalue weighted by molar-refractivity contribution is 8.14. The van der Waals surface area contributed by atoms with Crippen molar-refractivity contribution in [1.82, 2.24) is 4.90 Å². The fourth-order valence-corrected chi connectivity index (χ4v) is 4.57. The van der Waals surface area contributed by atoms with Gasteiger partial charge in [0.2, 0.25) is 10.0 Å². The van der Waals surface area contributed by atoms with E-state index in [-0.39, 0.29) is 20.7 Å². The molecule has 0 radical (unpaired) electrons. The molecule has 1 aliphatic rings. The van der Waals surface area contributed by atoms with Gasteiger partial charge in [-0.1, -0.05) is 36.4 Å². The summed E-state index contributed by atoms with van der Waals surface area (Å²) in [4.78, 5) is 12.8. The van der Waals surface area contributed by atoms with E-state index >= 15 is 0 Å². The van der Waals surface area contributed by atoms with Crippen LogP contribution >= 0.6 is 23.4 Å². The Labute approximate surface area is 132 Å². The zero-order chi connectivity index (χ0) is 16.0. The summed E-state index contributed by atoms with van der Waals surface area (Å²) in [7, 11) is -2.55. The summed E-state index contributed by atoms with van der Waals surface area (Å²) in [5.41, 5.74) is -1.33. The first-order valence-corrected chi connectivity index (χ1v) is 8.92. The lowest BCUT2D eigenvalue weighted by molar-refractivity contribution is -0.0661. The standard InChI is InChI=1S/C12H15ClN2O4S2/c1-3-10-12(17,15(2)11(16)20-10)7-4-5-8(13)9(6-7)21(14,18)19/h4-6,10,17H,3H2,1-2H3,(H2,14,18,19). The van der Waals surface area contributed by atoms with Crippen LogP contribution in [0.5, 0.6) is 0 Å². The van der Waals surface area contributed by atoms with Crippen molar-refractivity contribution in [2.75, 3.05) is 7.05 Å². The lowest BCUT2D eigenvalue weighted by Gasteiger charge is -2.34. The van der Waals surface area contributed by atoms with E-state index in [0.29, 0.717) is 6.42 Å². The minimum atomic E-state index is -4.02. The van der Waals surface area contributed by atoms with E-state index in [9.17, 15) is 18.3 Å². The topological polar surface area (TPSA) is 101 Å². The number of hydrogen-bond acceptors (Lipinski definition) is 5. The normalized spacial score (nSPS) is 26.4. The molecule has 9 heteroatoms. The number of carbonyl (C=O) groups excluding carboxylic acids is 1. The van der Waals surface area contributed by atoms with Crippen LogP contribution in [0.25, 0.3) is 0 Å². The summed E-state index contributed by atoms with van der Waals surface area (Å²) in [6.07, 6.45) is 0.532. The van der Waals surface area contributed by atoms with Crippen LogP contribution in [0, 0.1) is 0 Å². The first kappa shape index (κ1) is 16.6. The molecule has 21 heavy (non-hydrogen) atoms. The van der Waals surface area contributed by atoms with Gasteiger partial charge in [0.25, 0.3) is 5.24 Å². The largest absolute Gasteiger partial charge is 0.366 e. The van der Waals surface area contributed by atoms with Crippen molar-refractivity contribution < 1.29 is 18.3 Å².